The lowest BCUT2D eigenvalue weighted by Gasteiger charge is -2.12. The maximum Gasteiger partial charge on any atom is 0.104 e. The van der Waals surface area contributed by atoms with Gasteiger partial charge in [-0.2, -0.15) is 0 Å². The number of ether oxygens (including phenoxy) is 3. The summed E-state index contributed by atoms with van der Waals surface area (Å²) in [5.41, 5.74) is 0. The number of aliphatic hydroxyl groups excluding tert-OH is 2. The lowest BCUT2D eigenvalue weighted by Crippen LogP contribution is -2.25. The van der Waals surface area contributed by atoms with E-state index in [1.165, 1.54) is 0 Å². The highest BCUT2D eigenvalue weighted by atomic mass is 16.6. The van der Waals surface area contributed by atoms with Gasteiger partial charge in [-0.15, -0.1) is 0 Å². The fourth-order valence-electron chi connectivity index (χ4n) is 0.923. The van der Waals surface area contributed by atoms with Gasteiger partial charge in [0.05, 0.1) is 39.1 Å². The molecule has 0 aliphatic carbocycles. The first-order chi connectivity index (χ1) is 6.68. The third kappa shape index (κ3) is 6.28. The summed E-state index contributed by atoms with van der Waals surface area (Å²) in [6, 6.07) is 0. The van der Waals surface area contributed by atoms with Gasteiger partial charge < -0.3 is 24.4 Å². The predicted molar refractivity (Wildman–Crippen MR) is 49.1 cm³/mol. The van der Waals surface area contributed by atoms with Crippen LogP contribution in [-0.4, -0.2) is 61.6 Å². The average Bonchev–Trinajstić information content (AvgIpc) is 2.87. The van der Waals surface area contributed by atoms with Gasteiger partial charge in [0.25, 0.3) is 0 Å². The Labute approximate surface area is 83.6 Å². The van der Waals surface area contributed by atoms with E-state index in [-0.39, 0.29) is 25.9 Å². The minimum atomic E-state index is -0.632. The SMILES string of the molecule is CC(O)COCC(O)COCC1CO1. The molecule has 1 rings (SSSR count). The van der Waals surface area contributed by atoms with Gasteiger partial charge in [-0.05, 0) is 6.92 Å². The van der Waals surface area contributed by atoms with E-state index in [1.807, 2.05) is 0 Å². The normalized spacial score (nSPS) is 24.6. The fraction of sp³-hybridized carbons (Fsp3) is 1.00. The molecule has 0 aromatic rings. The van der Waals surface area contributed by atoms with Gasteiger partial charge in [0.15, 0.2) is 0 Å². The van der Waals surface area contributed by atoms with Crippen LogP contribution in [0.5, 0.6) is 0 Å². The molecule has 0 aromatic heterocycles. The van der Waals surface area contributed by atoms with E-state index in [0.29, 0.717) is 6.61 Å². The Morgan fingerprint density at radius 1 is 1.29 bits per heavy atom. The molecular formula is C9H18O5. The summed E-state index contributed by atoms with van der Waals surface area (Å²) in [7, 11) is 0. The van der Waals surface area contributed by atoms with E-state index in [9.17, 15) is 5.11 Å². The first-order valence-electron chi connectivity index (χ1n) is 4.81. The zero-order chi connectivity index (χ0) is 10.4. The van der Waals surface area contributed by atoms with Gasteiger partial charge in [-0.3, -0.25) is 0 Å². The molecule has 0 saturated carbocycles. The molecule has 3 unspecified atom stereocenters. The summed E-state index contributed by atoms with van der Waals surface area (Å²) in [4.78, 5) is 0. The highest BCUT2D eigenvalue weighted by Crippen LogP contribution is 2.08. The smallest absolute Gasteiger partial charge is 0.104 e. The second-order valence-corrected chi connectivity index (χ2v) is 3.53. The van der Waals surface area contributed by atoms with Crippen LogP contribution in [0.15, 0.2) is 0 Å². The third-order valence-corrected chi connectivity index (χ3v) is 1.69. The summed E-state index contributed by atoms with van der Waals surface area (Å²) >= 11 is 0. The molecular weight excluding hydrogens is 188 g/mol. The number of epoxide rings is 1. The molecule has 5 nitrogen and oxygen atoms in total. The molecule has 0 spiro atoms. The van der Waals surface area contributed by atoms with Crippen LogP contribution < -0.4 is 0 Å². The van der Waals surface area contributed by atoms with Crippen molar-refractivity contribution < 1.29 is 24.4 Å². The Morgan fingerprint density at radius 3 is 2.50 bits per heavy atom. The maximum atomic E-state index is 9.32. The van der Waals surface area contributed by atoms with Crippen molar-refractivity contribution in [1.29, 1.82) is 0 Å². The summed E-state index contributed by atoms with van der Waals surface area (Å²) < 4.78 is 15.1. The van der Waals surface area contributed by atoms with Crippen LogP contribution in [0.3, 0.4) is 0 Å². The van der Waals surface area contributed by atoms with Gasteiger partial charge in [0.1, 0.15) is 12.2 Å². The molecule has 1 saturated heterocycles. The Hall–Kier alpha value is -0.200. The number of hydrogen-bond acceptors (Lipinski definition) is 5. The molecule has 0 radical (unpaired) electrons. The maximum absolute atomic E-state index is 9.32. The van der Waals surface area contributed by atoms with E-state index in [2.05, 4.69) is 0 Å². The zero-order valence-electron chi connectivity index (χ0n) is 8.39. The predicted octanol–water partition coefficient (Wildman–Crippen LogP) is -0.840. The summed E-state index contributed by atoms with van der Waals surface area (Å²) in [6.07, 6.45) is -0.906. The van der Waals surface area contributed by atoms with Crippen LogP contribution in [0.25, 0.3) is 0 Å². The highest BCUT2D eigenvalue weighted by molar-refractivity contribution is 4.67. The average molecular weight is 206 g/mol. The molecule has 3 atom stereocenters. The van der Waals surface area contributed by atoms with E-state index < -0.39 is 12.2 Å². The van der Waals surface area contributed by atoms with E-state index in [1.54, 1.807) is 6.92 Å². The molecule has 0 amide bonds. The molecule has 1 aliphatic rings. The molecule has 0 bridgehead atoms. The second kappa shape index (κ2) is 6.31. The first-order valence-corrected chi connectivity index (χ1v) is 4.81. The van der Waals surface area contributed by atoms with Gasteiger partial charge in [0.2, 0.25) is 0 Å². The van der Waals surface area contributed by atoms with Crippen LogP contribution in [0.1, 0.15) is 6.92 Å². The monoisotopic (exact) mass is 206 g/mol. The fourth-order valence-corrected chi connectivity index (χ4v) is 0.923. The third-order valence-electron chi connectivity index (χ3n) is 1.69. The number of hydrogen-bond donors (Lipinski definition) is 2. The largest absolute Gasteiger partial charge is 0.391 e. The van der Waals surface area contributed by atoms with Crippen molar-refractivity contribution >= 4 is 0 Å². The molecule has 1 fully saturated rings. The van der Waals surface area contributed by atoms with Crippen LogP contribution in [0, 0.1) is 0 Å². The molecule has 14 heavy (non-hydrogen) atoms. The van der Waals surface area contributed by atoms with Gasteiger partial charge in [-0.25, -0.2) is 0 Å². The van der Waals surface area contributed by atoms with Gasteiger partial charge in [-0.1, -0.05) is 0 Å². The molecule has 1 aliphatic heterocycles. The van der Waals surface area contributed by atoms with Crippen molar-refractivity contribution in [3.8, 4) is 0 Å². The van der Waals surface area contributed by atoms with E-state index in [0.717, 1.165) is 6.61 Å². The molecule has 2 N–H and O–H groups in total. The first kappa shape index (κ1) is 11.9. The molecule has 84 valence electrons. The number of rotatable bonds is 8. The number of aliphatic hydroxyl groups is 2. The summed E-state index contributed by atoms with van der Waals surface area (Å²) in [5, 5.41) is 18.2. The van der Waals surface area contributed by atoms with Crippen molar-refractivity contribution in [2.45, 2.75) is 25.2 Å². The van der Waals surface area contributed by atoms with Crippen LogP contribution in [0.2, 0.25) is 0 Å². The minimum absolute atomic E-state index is 0.191. The highest BCUT2D eigenvalue weighted by Gasteiger charge is 2.22. The summed E-state index contributed by atoms with van der Waals surface area (Å²) in [5.74, 6) is 0. The topological polar surface area (TPSA) is 71.5 Å². The van der Waals surface area contributed by atoms with E-state index in [4.69, 9.17) is 19.3 Å². The van der Waals surface area contributed by atoms with Crippen molar-refractivity contribution in [2.24, 2.45) is 0 Å². The summed E-state index contributed by atoms with van der Waals surface area (Å²) in [6.45, 7) is 3.61. The Kier molecular flexibility index (Phi) is 5.36. The molecule has 0 aromatic carbocycles. The lowest BCUT2D eigenvalue weighted by molar-refractivity contribution is -0.0381. The Morgan fingerprint density at radius 2 is 1.93 bits per heavy atom. The molecule has 1 heterocycles. The lowest BCUT2D eigenvalue weighted by atomic mass is 10.4. The Balaban J connectivity index is 1.84. The van der Waals surface area contributed by atoms with Gasteiger partial charge >= 0.3 is 0 Å². The van der Waals surface area contributed by atoms with Crippen molar-refractivity contribution in [1.82, 2.24) is 0 Å². The van der Waals surface area contributed by atoms with E-state index >= 15 is 0 Å². The van der Waals surface area contributed by atoms with Crippen molar-refractivity contribution in [2.75, 3.05) is 33.0 Å². The minimum Gasteiger partial charge on any atom is -0.391 e. The molecule has 5 heteroatoms. The van der Waals surface area contributed by atoms with Crippen LogP contribution >= 0.6 is 0 Å². The second-order valence-electron chi connectivity index (χ2n) is 3.53. The van der Waals surface area contributed by atoms with Crippen molar-refractivity contribution in [3.05, 3.63) is 0 Å². The zero-order valence-corrected chi connectivity index (χ0v) is 8.39. The quantitative estimate of drug-likeness (QED) is 0.507. The van der Waals surface area contributed by atoms with Crippen LogP contribution in [-0.2, 0) is 14.2 Å². The van der Waals surface area contributed by atoms with Gasteiger partial charge in [0, 0.05) is 0 Å². The van der Waals surface area contributed by atoms with Crippen LogP contribution in [0.4, 0.5) is 0 Å². The van der Waals surface area contributed by atoms with Crippen molar-refractivity contribution in [3.63, 3.8) is 0 Å². The Bertz CT molecular complexity index is 138. The standard InChI is InChI=1S/C9H18O5/c1-7(10)2-12-3-8(11)4-13-5-9-6-14-9/h7-11H,2-6H2,1H3.